The number of benzene rings is 1. The molecule has 0 aliphatic heterocycles. The van der Waals surface area contributed by atoms with Crippen LogP contribution in [0.25, 0.3) is 21.6 Å². The third kappa shape index (κ3) is 3.86. The Bertz CT molecular complexity index is 1350. The predicted molar refractivity (Wildman–Crippen MR) is 129 cm³/mol. The zero-order chi connectivity index (χ0) is 22.2. The second-order valence-electron chi connectivity index (χ2n) is 8.23. The molecule has 0 atom stereocenters. The van der Waals surface area contributed by atoms with Crippen molar-refractivity contribution < 1.29 is 4.79 Å². The van der Waals surface area contributed by atoms with E-state index in [-0.39, 0.29) is 23.9 Å². The van der Waals surface area contributed by atoms with E-state index in [1.165, 1.54) is 20.8 Å². The van der Waals surface area contributed by atoms with Crippen LogP contribution in [-0.2, 0) is 24.2 Å². The number of hydrogen-bond donors (Lipinski definition) is 1. The molecule has 9 heteroatoms. The lowest BCUT2D eigenvalue weighted by Crippen LogP contribution is -2.30. The van der Waals surface area contributed by atoms with Crippen molar-refractivity contribution in [2.45, 2.75) is 52.0 Å². The van der Waals surface area contributed by atoms with Crippen LogP contribution in [0.15, 0.2) is 35.1 Å². The van der Waals surface area contributed by atoms with E-state index in [1.54, 1.807) is 11.3 Å². The van der Waals surface area contributed by atoms with E-state index in [9.17, 15) is 9.59 Å². The molecule has 0 bridgehead atoms. The van der Waals surface area contributed by atoms with Crippen LogP contribution in [-0.4, -0.2) is 25.7 Å². The molecule has 5 rings (SSSR count). The van der Waals surface area contributed by atoms with Crippen LogP contribution < -0.4 is 10.9 Å². The second-order valence-corrected chi connectivity index (χ2v) is 10.3. The number of nitrogens with zero attached hydrogens (tertiary/aromatic N) is 4. The van der Waals surface area contributed by atoms with Gasteiger partial charge in [-0.05, 0) is 31.2 Å². The lowest BCUT2D eigenvalue weighted by Gasteiger charge is -2.13. The summed E-state index contributed by atoms with van der Waals surface area (Å²) in [6, 6.07) is 9.56. The molecular formula is C23H23N5O2S2. The quantitative estimate of drug-likeness (QED) is 0.465. The molecule has 0 spiro atoms. The molecule has 164 valence electrons. The van der Waals surface area contributed by atoms with Gasteiger partial charge in [-0.2, -0.15) is 0 Å². The molecule has 0 fully saturated rings. The number of hydrogen-bond acceptors (Lipinski definition) is 7. The van der Waals surface area contributed by atoms with Crippen LogP contribution in [0.1, 0.15) is 48.1 Å². The van der Waals surface area contributed by atoms with Gasteiger partial charge in [0.1, 0.15) is 22.2 Å². The first-order valence-corrected chi connectivity index (χ1v) is 12.4. The topological polar surface area (TPSA) is 89.8 Å². The van der Waals surface area contributed by atoms with Crippen LogP contribution in [0.3, 0.4) is 0 Å². The minimum Gasteiger partial charge on any atom is -0.299 e. The molecule has 0 saturated heterocycles. The lowest BCUT2D eigenvalue weighted by atomic mass is 9.97. The zero-order valence-electron chi connectivity index (χ0n) is 17.9. The van der Waals surface area contributed by atoms with E-state index in [4.69, 9.17) is 4.98 Å². The molecule has 1 amide bonds. The first kappa shape index (κ1) is 21.0. The monoisotopic (exact) mass is 465 g/mol. The van der Waals surface area contributed by atoms with E-state index in [0.717, 1.165) is 46.6 Å². The summed E-state index contributed by atoms with van der Waals surface area (Å²) in [5.41, 5.74) is 1.78. The van der Waals surface area contributed by atoms with Gasteiger partial charge in [-0.1, -0.05) is 55.5 Å². The van der Waals surface area contributed by atoms with Crippen molar-refractivity contribution in [2.24, 2.45) is 0 Å². The smallest absolute Gasteiger partial charge is 0.263 e. The summed E-state index contributed by atoms with van der Waals surface area (Å²) < 4.78 is 1.50. The molecule has 3 aromatic heterocycles. The molecule has 1 N–H and O–H groups in total. The predicted octanol–water partition coefficient (Wildman–Crippen LogP) is 4.62. The fourth-order valence-corrected chi connectivity index (χ4v) is 6.03. The average Bonchev–Trinajstić information content (AvgIpc) is 3.40. The molecule has 0 unspecified atom stereocenters. The summed E-state index contributed by atoms with van der Waals surface area (Å²) in [5, 5.41) is 12.9. The second kappa shape index (κ2) is 8.55. The van der Waals surface area contributed by atoms with Crippen molar-refractivity contribution in [1.82, 2.24) is 19.7 Å². The Labute approximate surface area is 193 Å². The maximum atomic E-state index is 13.7. The van der Waals surface area contributed by atoms with Crippen molar-refractivity contribution in [3.05, 3.63) is 56.1 Å². The summed E-state index contributed by atoms with van der Waals surface area (Å²) in [5.74, 6) is 0.430. The number of nitrogens with one attached hydrogen (secondary N) is 1. The van der Waals surface area contributed by atoms with Crippen molar-refractivity contribution >= 4 is 43.9 Å². The average molecular weight is 466 g/mol. The van der Waals surface area contributed by atoms with Crippen LogP contribution in [0.5, 0.6) is 0 Å². The minimum absolute atomic E-state index is 0.132. The van der Waals surface area contributed by atoms with Crippen molar-refractivity contribution in [2.75, 3.05) is 5.32 Å². The molecule has 1 aliphatic rings. The SMILES string of the molecule is CC(C)c1nnc(NC(=O)Cn2c(-c3ccccc3)nc3sc4c(c3c2=O)CCCC4)s1. The van der Waals surface area contributed by atoms with Crippen LogP contribution in [0.2, 0.25) is 0 Å². The Morgan fingerprint density at radius 2 is 1.91 bits per heavy atom. The van der Waals surface area contributed by atoms with Gasteiger partial charge >= 0.3 is 0 Å². The number of carbonyl (C=O) groups excluding carboxylic acids is 1. The summed E-state index contributed by atoms with van der Waals surface area (Å²) in [4.78, 5) is 33.5. The van der Waals surface area contributed by atoms with Crippen LogP contribution in [0.4, 0.5) is 5.13 Å². The molecule has 3 heterocycles. The Morgan fingerprint density at radius 3 is 2.66 bits per heavy atom. The van der Waals surface area contributed by atoms with E-state index in [0.29, 0.717) is 16.3 Å². The Kier molecular flexibility index (Phi) is 5.60. The van der Waals surface area contributed by atoms with Gasteiger partial charge in [0, 0.05) is 16.4 Å². The molecule has 7 nitrogen and oxygen atoms in total. The highest BCUT2D eigenvalue weighted by atomic mass is 32.1. The number of rotatable bonds is 5. The highest BCUT2D eigenvalue weighted by molar-refractivity contribution is 7.18. The van der Waals surface area contributed by atoms with Gasteiger partial charge in [0.15, 0.2) is 0 Å². The van der Waals surface area contributed by atoms with Crippen LogP contribution in [0, 0.1) is 0 Å². The molecular weight excluding hydrogens is 442 g/mol. The van der Waals surface area contributed by atoms with Gasteiger partial charge in [0.2, 0.25) is 11.0 Å². The standard InChI is InChI=1S/C23H23N5O2S2/c1-13(2)20-26-27-23(32-20)24-17(29)12-28-19(14-8-4-3-5-9-14)25-21-18(22(28)30)15-10-6-7-11-16(15)31-21/h3-5,8-9,13H,6-7,10-12H2,1-2H3,(H,24,27,29). The lowest BCUT2D eigenvalue weighted by molar-refractivity contribution is -0.116. The number of fused-ring (bicyclic) bond motifs is 3. The van der Waals surface area contributed by atoms with Gasteiger partial charge in [-0.3, -0.25) is 19.5 Å². The maximum absolute atomic E-state index is 13.7. The van der Waals surface area contributed by atoms with Gasteiger partial charge < -0.3 is 0 Å². The first-order valence-electron chi connectivity index (χ1n) is 10.7. The Morgan fingerprint density at radius 1 is 1.12 bits per heavy atom. The first-order chi connectivity index (χ1) is 15.5. The Hall–Kier alpha value is -2.91. The highest BCUT2D eigenvalue weighted by Crippen LogP contribution is 2.34. The molecule has 4 aromatic rings. The van der Waals surface area contributed by atoms with Gasteiger partial charge in [-0.15, -0.1) is 21.5 Å². The fraction of sp³-hybridized carbons (Fsp3) is 0.348. The van der Waals surface area contributed by atoms with Crippen molar-refractivity contribution in [3.63, 3.8) is 0 Å². The molecule has 0 saturated carbocycles. The normalized spacial score (nSPS) is 13.5. The number of anilines is 1. The third-order valence-corrected chi connectivity index (χ3v) is 7.91. The van der Waals surface area contributed by atoms with E-state index >= 15 is 0 Å². The highest BCUT2D eigenvalue weighted by Gasteiger charge is 2.23. The van der Waals surface area contributed by atoms with E-state index in [2.05, 4.69) is 15.5 Å². The zero-order valence-corrected chi connectivity index (χ0v) is 19.6. The number of aryl methyl sites for hydroxylation is 2. The number of thiophene rings is 1. The molecule has 32 heavy (non-hydrogen) atoms. The largest absolute Gasteiger partial charge is 0.299 e. The molecule has 0 radical (unpaired) electrons. The van der Waals surface area contributed by atoms with E-state index < -0.39 is 0 Å². The van der Waals surface area contributed by atoms with Crippen molar-refractivity contribution in [3.8, 4) is 11.4 Å². The number of amides is 1. The van der Waals surface area contributed by atoms with Gasteiger partial charge in [0.25, 0.3) is 5.56 Å². The van der Waals surface area contributed by atoms with Gasteiger partial charge in [-0.25, -0.2) is 4.98 Å². The van der Waals surface area contributed by atoms with Crippen LogP contribution >= 0.6 is 22.7 Å². The summed E-state index contributed by atoms with van der Waals surface area (Å²) in [7, 11) is 0. The number of aromatic nitrogens is 4. The summed E-state index contributed by atoms with van der Waals surface area (Å²) in [6.07, 6.45) is 4.11. The van der Waals surface area contributed by atoms with E-state index in [1.807, 2.05) is 44.2 Å². The third-order valence-electron chi connectivity index (χ3n) is 5.59. The molecule has 1 aromatic carbocycles. The van der Waals surface area contributed by atoms with Crippen molar-refractivity contribution in [1.29, 1.82) is 0 Å². The van der Waals surface area contributed by atoms with Gasteiger partial charge in [0.05, 0.1) is 5.39 Å². The fourth-order valence-electron chi connectivity index (χ4n) is 4.01. The Balaban J connectivity index is 1.57. The summed E-state index contributed by atoms with van der Waals surface area (Å²) >= 11 is 2.97. The number of carbonyl (C=O) groups is 1. The molecule has 1 aliphatic carbocycles. The summed E-state index contributed by atoms with van der Waals surface area (Å²) in [6.45, 7) is 3.92. The minimum atomic E-state index is -0.319. The maximum Gasteiger partial charge on any atom is 0.263 e.